The zero-order chi connectivity index (χ0) is 15.9. The molecule has 0 spiro atoms. The maximum Gasteiger partial charge on any atom is 0.246 e. The van der Waals surface area contributed by atoms with E-state index in [9.17, 15) is 8.42 Å². The molecule has 0 saturated heterocycles. The Labute approximate surface area is 131 Å². The highest BCUT2D eigenvalue weighted by atomic mass is 35.5. The molecule has 0 atom stereocenters. The zero-order valence-corrected chi connectivity index (χ0v) is 14.2. The Morgan fingerprint density at radius 2 is 1.90 bits per heavy atom. The Kier molecular flexibility index (Phi) is 7.69. The van der Waals surface area contributed by atoms with Crippen LogP contribution in [-0.2, 0) is 25.4 Å². The van der Waals surface area contributed by atoms with Crippen LogP contribution in [0, 0.1) is 6.92 Å². The topological polar surface area (TPSA) is 69.0 Å². The van der Waals surface area contributed by atoms with Gasteiger partial charge in [-0.05, 0) is 13.3 Å². The van der Waals surface area contributed by atoms with Gasteiger partial charge in [-0.1, -0.05) is 0 Å². The highest BCUT2D eigenvalue weighted by Crippen LogP contribution is 2.24. The summed E-state index contributed by atoms with van der Waals surface area (Å²) in [6.45, 7) is 3.08. The zero-order valence-electron chi connectivity index (χ0n) is 12.6. The summed E-state index contributed by atoms with van der Waals surface area (Å²) in [6.07, 6.45) is 0.610. The van der Waals surface area contributed by atoms with Crippen LogP contribution in [0.1, 0.15) is 17.9 Å². The van der Waals surface area contributed by atoms with Gasteiger partial charge in [-0.3, -0.25) is 0 Å². The third kappa shape index (κ3) is 4.96. The monoisotopic (exact) mass is 339 g/mol. The molecule has 6 nitrogen and oxygen atoms in total. The van der Waals surface area contributed by atoms with Crippen molar-refractivity contribution >= 4 is 21.6 Å². The molecule has 0 saturated carbocycles. The third-order valence-corrected chi connectivity index (χ3v) is 5.24. The van der Waals surface area contributed by atoms with Gasteiger partial charge in [0, 0.05) is 40.0 Å². The summed E-state index contributed by atoms with van der Waals surface area (Å²) in [5.41, 5.74) is 0. The highest BCUT2D eigenvalue weighted by molar-refractivity contribution is 7.89. The van der Waals surface area contributed by atoms with Crippen LogP contribution in [-0.4, -0.2) is 53.2 Å². The summed E-state index contributed by atoms with van der Waals surface area (Å²) >= 11 is 5.69. The largest absolute Gasteiger partial charge is 0.464 e. The molecule has 0 aliphatic rings. The molecule has 1 aromatic rings. The molecule has 0 radical (unpaired) electrons. The molecule has 8 heteroatoms. The molecule has 0 unspecified atom stereocenters. The van der Waals surface area contributed by atoms with Crippen molar-refractivity contribution in [3.8, 4) is 0 Å². The van der Waals surface area contributed by atoms with Crippen molar-refractivity contribution in [1.29, 1.82) is 0 Å². The molecule has 1 aromatic heterocycles. The van der Waals surface area contributed by atoms with E-state index in [1.165, 1.54) is 17.5 Å². The Morgan fingerprint density at radius 3 is 2.43 bits per heavy atom. The summed E-state index contributed by atoms with van der Waals surface area (Å²) in [5.74, 6) is 0.925. The van der Waals surface area contributed by atoms with Crippen molar-refractivity contribution in [1.82, 2.24) is 4.31 Å². The van der Waals surface area contributed by atoms with Gasteiger partial charge in [0.15, 0.2) is 0 Å². The molecular formula is C13H22ClNO5S. The van der Waals surface area contributed by atoms with Crippen LogP contribution in [0.4, 0.5) is 0 Å². The van der Waals surface area contributed by atoms with E-state index in [1.807, 2.05) is 0 Å². The molecule has 0 aliphatic carbocycles. The third-order valence-electron chi connectivity index (χ3n) is 2.97. The summed E-state index contributed by atoms with van der Waals surface area (Å²) in [5, 5.41) is 0. The van der Waals surface area contributed by atoms with Gasteiger partial charge in [0.25, 0.3) is 0 Å². The first-order valence-electron chi connectivity index (χ1n) is 6.60. The fourth-order valence-electron chi connectivity index (χ4n) is 1.92. The number of methoxy groups -OCH3 is 2. The van der Waals surface area contributed by atoms with E-state index in [4.69, 9.17) is 25.5 Å². The van der Waals surface area contributed by atoms with Crippen molar-refractivity contribution in [2.45, 2.75) is 24.1 Å². The van der Waals surface area contributed by atoms with Gasteiger partial charge >= 0.3 is 0 Å². The summed E-state index contributed by atoms with van der Waals surface area (Å²) in [7, 11) is -0.508. The second-order valence-corrected chi connectivity index (χ2v) is 6.68. The average Bonchev–Trinajstić information content (AvgIpc) is 2.84. The number of sulfonamides is 1. The molecule has 0 aliphatic heterocycles. The molecule has 0 fully saturated rings. The van der Waals surface area contributed by atoms with Gasteiger partial charge in [0.2, 0.25) is 10.0 Å². The number of ether oxygens (including phenoxy) is 2. The van der Waals surface area contributed by atoms with Crippen LogP contribution in [0.15, 0.2) is 15.4 Å². The van der Waals surface area contributed by atoms with Crippen LogP contribution in [0.3, 0.4) is 0 Å². The highest BCUT2D eigenvalue weighted by Gasteiger charge is 2.28. The van der Waals surface area contributed by atoms with Gasteiger partial charge in [-0.2, -0.15) is 4.31 Å². The lowest BCUT2D eigenvalue weighted by Crippen LogP contribution is -2.35. The Morgan fingerprint density at radius 1 is 1.24 bits per heavy atom. The minimum absolute atomic E-state index is 0.137. The van der Waals surface area contributed by atoms with E-state index >= 15 is 0 Å². The molecule has 122 valence electrons. The summed E-state index contributed by atoms with van der Waals surface area (Å²) < 4.78 is 42.1. The van der Waals surface area contributed by atoms with Crippen LogP contribution in [0.25, 0.3) is 0 Å². The van der Waals surface area contributed by atoms with E-state index in [-0.39, 0.29) is 17.3 Å². The quantitative estimate of drug-likeness (QED) is 0.481. The second-order valence-electron chi connectivity index (χ2n) is 4.51. The second kappa shape index (κ2) is 8.75. The lowest BCUT2D eigenvalue weighted by atomic mass is 10.4. The number of hydrogen-bond acceptors (Lipinski definition) is 5. The molecular weight excluding hydrogens is 318 g/mol. The van der Waals surface area contributed by atoms with Gasteiger partial charge in [0.05, 0.1) is 12.5 Å². The van der Waals surface area contributed by atoms with Gasteiger partial charge < -0.3 is 13.9 Å². The van der Waals surface area contributed by atoms with Gasteiger partial charge in [-0.25, -0.2) is 8.42 Å². The Bertz CT molecular complexity index is 529. The molecule has 0 N–H and O–H groups in total. The van der Waals surface area contributed by atoms with Crippen molar-refractivity contribution in [3.05, 3.63) is 17.6 Å². The predicted molar refractivity (Wildman–Crippen MR) is 80.1 cm³/mol. The summed E-state index contributed by atoms with van der Waals surface area (Å²) in [4.78, 5) is 0.159. The number of hydrogen-bond donors (Lipinski definition) is 0. The lowest BCUT2D eigenvalue weighted by molar-refractivity contribution is 0.164. The van der Waals surface area contributed by atoms with Crippen LogP contribution >= 0.6 is 11.6 Å². The molecule has 21 heavy (non-hydrogen) atoms. The Hall–Kier alpha value is -0.600. The molecule has 0 aromatic carbocycles. The minimum Gasteiger partial charge on any atom is -0.464 e. The maximum atomic E-state index is 12.7. The lowest BCUT2D eigenvalue weighted by Gasteiger charge is -2.21. The Balaban J connectivity index is 2.98. The van der Waals surface area contributed by atoms with Crippen molar-refractivity contribution in [2.24, 2.45) is 0 Å². The molecule has 0 amide bonds. The van der Waals surface area contributed by atoms with E-state index in [2.05, 4.69) is 0 Å². The standard InChI is InChI=1S/C13H22ClNO5S/c1-11-13(9-12(10-14)20-11)21(16,17)15(6-8-19-3)5-4-7-18-2/h9H,4-8,10H2,1-3H3. The number of halogens is 1. The molecule has 1 rings (SSSR count). The van der Waals surface area contributed by atoms with E-state index in [1.54, 1.807) is 14.0 Å². The number of nitrogens with zero attached hydrogens (tertiary/aromatic N) is 1. The van der Waals surface area contributed by atoms with Crippen molar-refractivity contribution < 1.29 is 22.3 Å². The first-order chi connectivity index (χ1) is 9.97. The van der Waals surface area contributed by atoms with Crippen LogP contribution < -0.4 is 0 Å². The number of alkyl halides is 1. The summed E-state index contributed by atoms with van der Waals surface area (Å²) in [6, 6.07) is 1.48. The van der Waals surface area contributed by atoms with E-state index in [0.717, 1.165) is 0 Å². The maximum absolute atomic E-state index is 12.7. The van der Waals surface area contributed by atoms with Gasteiger partial charge in [0.1, 0.15) is 16.4 Å². The van der Waals surface area contributed by atoms with Gasteiger partial charge in [-0.15, -0.1) is 11.6 Å². The van der Waals surface area contributed by atoms with E-state index < -0.39 is 10.0 Å². The molecule has 0 bridgehead atoms. The van der Waals surface area contributed by atoms with E-state index in [0.29, 0.717) is 37.7 Å². The fraction of sp³-hybridized carbons (Fsp3) is 0.692. The van der Waals surface area contributed by atoms with Crippen molar-refractivity contribution in [2.75, 3.05) is 40.5 Å². The number of furan rings is 1. The first-order valence-corrected chi connectivity index (χ1v) is 8.58. The fourth-order valence-corrected chi connectivity index (χ4v) is 3.70. The van der Waals surface area contributed by atoms with Crippen molar-refractivity contribution in [3.63, 3.8) is 0 Å². The van der Waals surface area contributed by atoms with Crippen LogP contribution in [0.2, 0.25) is 0 Å². The first kappa shape index (κ1) is 18.4. The SMILES string of the molecule is COCCCN(CCOC)S(=O)(=O)c1cc(CCl)oc1C. The van der Waals surface area contributed by atoms with Crippen LogP contribution in [0.5, 0.6) is 0 Å². The smallest absolute Gasteiger partial charge is 0.246 e. The minimum atomic E-state index is -3.63. The number of aryl methyl sites for hydroxylation is 1. The molecule has 1 heterocycles. The normalized spacial score (nSPS) is 12.2. The average molecular weight is 340 g/mol. The number of rotatable bonds is 10. The predicted octanol–water partition coefficient (Wildman–Crippen LogP) is 2.00.